The first-order valence-electron chi connectivity index (χ1n) is 12.4. The number of hydrogen-bond acceptors (Lipinski definition) is 1. The van der Waals surface area contributed by atoms with Crippen molar-refractivity contribution in [2.45, 2.75) is 129 Å². The van der Waals surface area contributed by atoms with Gasteiger partial charge in [0, 0.05) is 5.54 Å². The molecular formula is C27H51NO. The topological polar surface area (TPSA) is 57.5 Å². The Kier molecular flexibility index (Phi) is 17.4. The predicted molar refractivity (Wildman–Crippen MR) is 130 cm³/mol. The molecular weight excluding hydrogens is 354 g/mol. The van der Waals surface area contributed by atoms with Crippen LogP contribution in [0.4, 0.5) is 0 Å². The van der Waals surface area contributed by atoms with Crippen LogP contribution in [0.3, 0.4) is 0 Å². The molecule has 0 radical (unpaired) electrons. The summed E-state index contributed by atoms with van der Waals surface area (Å²) in [4.78, 5) is 0. The van der Waals surface area contributed by atoms with Crippen LogP contribution < -0.4 is 5.73 Å². The van der Waals surface area contributed by atoms with E-state index in [1.165, 1.54) is 102 Å². The largest absolute Gasteiger partial charge is 0.412 e. The molecule has 0 aliphatic carbocycles. The zero-order chi connectivity index (χ0) is 20.5. The minimum absolute atomic E-state index is 0. The molecule has 2 nitrogen and oxygen atoms in total. The minimum Gasteiger partial charge on any atom is -0.412 e. The Hall–Kier alpha value is -0.860. The van der Waals surface area contributed by atoms with Gasteiger partial charge in [-0.15, -0.1) is 0 Å². The van der Waals surface area contributed by atoms with Crippen LogP contribution in [0.15, 0.2) is 30.3 Å². The average Bonchev–Trinajstić information content (AvgIpc) is 2.67. The van der Waals surface area contributed by atoms with E-state index in [4.69, 9.17) is 5.73 Å². The number of benzene rings is 1. The van der Waals surface area contributed by atoms with Crippen molar-refractivity contribution in [1.82, 2.24) is 0 Å². The van der Waals surface area contributed by atoms with E-state index in [9.17, 15) is 0 Å². The molecule has 0 saturated carbocycles. The minimum atomic E-state index is -0.0909. The molecule has 1 rings (SSSR count). The van der Waals surface area contributed by atoms with E-state index in [2.05, 4.69) is 51.1 Å². The summed E-state index contributed by atoms with van der Waals surface area (Å²) in [5.41, 5.74) is 7.82. The zero-order valence-electron chi connectivity index (χ0n) is 19.9. The summed E-state index contributed by atoms with van der Waals surface area (Å²) in [5.74, 6) is 0.576. The van der Waals surface area contributed by atoms with E-state index in [-0.39, 0.29) is 11.0 Å². The highest BCUT2D eigenvalue weighted by atomic mass is 16.0. The van der Waals surface area contributed by atoms with Gasteiger partial charge in [-0.3, -0.25) is 0 Å². The van der Waals surface area contributed by atoms with Crippen molar-refractivity contribution < 1.29 is 5.48 Å². The molecule has 0 bridgehead atoms. The van der Waals surface area contributed by atoms with Gasteiger partial charge in [-0.25, -0.2) is 0 Å². The van der Waals surface area contributed by atoms with Crippen LogP contribution in [0.5, 0.6) is 0 Å². The molecule has 1 unspecified atom stereocenters. The lowest BCUT2D eigenvalue weighted by molar-refractivity contribution is 0.290. The van der Waals surface area contributed by atoms with Gasteiger partial charge in [-0.1, -0.05) is 127 Å². The molecule has 0 fully saturated rings. The molecule has 1 aromatic carbocycles. The van der Waals surface area contributed by atoms with Crippen molar-refractivity contribution in [2.24, 2.45) is 11.7 Å². The Bertz CT molecular complexity index is 451. The maximum Gasteiger partial charge on any atom is 0.0129 e. The van der Waals surface area contributed by atoms with Crippen LogP contribution in [-0.4, -0.2) is 11.0 Å². The van der Waals surface area contributed by atoms with E-state index in [0.29, 0.717) is 5.92 Å². The third kappa shape index (κ3) is 15.6. The molecule has 0 aliphatic rings. The number of hydrogen-bond donors (Lipinski definition) is 1. The van der Waals surface area contributed by atoms with Crippen LogP contribution in [0.25, 0.3) is 0 Å². The second-order valence-corrected chi connectivity index (χ2v) is 9.59. The second-order valence-electron chi connectivity index (χ2n) is 9.59. The highest BCUT2D eigenvalue weighted by molar-refractivity contribution is 5.16. The van der Waals surface area contributed by atoms with Gasteiger partial charge in [0.2, 0.25) is 0 Å². The Balaban J connectivity index is 0.00000784. The van der Waals surface area contributed by atoms with Crippen molar-refractivity contribution >= 4 is 0 Å². The van der Waals surface area contributed by atoms with Crippen molar-refractivity contribution in [2.75, 3.05) is 0 Å². The van der Waals surface area contributed by atoms with E-state index >= 15 is 0 Å². The fraction of sp³-hybridized carbons (Fsp3) is 0.778. The van der Waals surface area contributed by atoms with Gasteiger partial charge >= 0.3 is 0 Å². The molecule has 170 valence electrons. The quantitative estimate of drug-likeness (QED) is 0.251. The molecule has 0 amide bonds. The molecule has 2 heteroatoms. The van der Waals surface area contributed by atoms with Gasteiger partial charge in [0.05, 0.1) is 0 Å². The second kappa shape index (κ2) is 18.0. The Morgan fingerprint density at radius 2 is 1.10 bits per heavy atom. The first-order chi connectivity index (χ1) is 13.5. The summed E-state index contributed by atoms with van der Waals surface area (Å²) in [7, 11) is 0. The Morgan fingerprint density at radius 3 is 1.52 bits per heavy atom. The van der Waals surface area contributed by atoms with Gasteiger partial charge in [0.15, 0.2) is 0 Å². The van der Waals surface area contributed by atoms with Crippen LogP contribution >= 0.6 is 0 Å². The third-order valence-electron chi connectivity index (χ3n) is 6.28. The number of unbranched alkanes of at least 4 members (excludes halogenated alkanes) is 13. The summed E-state index contributed by atoms with van der Waals surface area (Å²) in [6.45, 7) is 6.69. The van der Waals surface area contributed by atoms with E-state index < -0.39 is 0 Å². The number of rotatable bonds is 18. The lowest BCUT2D eigenvalue weighted by atomic mass is 9.80. The lowest BCUT2D eigenvalue weighted by Crippen LogP contribution is -2.42. The molecule has 0 aromatic heterocycles. The standard InChI is InChI=1S/C27H49N.H2O/c1-4-5-6-7-8-9-10-11-12-13-14-15-16-20-23-26(27(2,3)28)24-25-21-18-17-19-22-25;/h17-19,21-22,26H,4-16,20,23-24,28H2,1-3H3;1H2. The number of nitrogens with two attached hydrogens (primary N) is 1. The summed E-state index contributed by atoms with van der Waals surface area (Å²) in [6.07, 6.45) is 22.3. The van der Waals surface area contributed by atoms with Gasteiger partial charge < -0.3 is 11.2 Å². The predicted octanol–water partition coefficient (Wildman–Crippen LogP) is 7.63. The first-order valence-corrected chi connectivity index (χ1v) is 12.4. The molecule has 0 spiro atoms. The van der Waals surface area contributed by atoms with Gasteiger partial charge in [0.25, 0.3) is 0 Å². The van der Waals surface area contributed by atoms with Crippen molar-refractivity contribution in [3.63, 3.8) is 0 Å². The van der Waals surface area contributed by atoms with Crippen LogP contribution in [-0.2, 0) is 6.42 Å². The van der Waals surface area contributed by atoms with Crippen molar-refractivity contribution in [3.8, 4) is 0 Å². The smallest absolute Gasteiger partial charge is 0.0129 e. The maximum absolute atomic E-state index is 6.48. The molecule has 1 aromatic rings. The van der Waals surface area contributed by atoms with Crippen LogP contribution in [0, 0.1) is 5.92 Å². The summed E-state index contributed by atoms with van der Waals surface area (Å²) >= 11 is 0. The molecule has 0 aliphatic heterocycles. The van der Waals surface area contributed by atoms with Gasteiger partial charge in [-0.2, -0.15) is 0 Å². The summed E-state index contributed by atoms with van der Waals surface area (Å²) in [5, 5.41) is 0. The third-order valence-corrected chi connectivity index (χ3v) is 6.28. The molecule has 29 heavy (non-hydrogen) atoms. The summed E-state index contributed by atoms with van der Waals surface area (Å²) in [6, 6.07) is 10.9. The molecule has 1 atom stereocenters. The van der Waals surface area contributed by atoms with E-state index in [1.807, 2.05) is 0 Å². The van der Waals surface area contributed by atoms with Crippen molar-refractivity contribution in [3.05, 3.63) is 35.9 Å². The summed E-state index contributed by atoms with van der Waals surface area (Å²) < 4.78 is 0. The fourth-order valence-corrected chi connectivity index (χ4v) is 4.22. The van der Waals surface area contributed by atoms with Gasteiger partial charge in [0.1, 0.15) is 0 Å². The molecule has 0 heterocycles. The normalized spacial score (nSPS) is 12.6. The first kappa shape index (κ1) is 28.1. The Labute approximate surface area is 182 Å². The highest BCUT2D eigenvalue weighted by Crippen LogP contribution is 2.25. The fourth-order valence-electron chi connectivity index (χ4n) is 4.22. The highest BCUT2D eigenvalue weighted by Gasteiger charge is 2.24. The molecule has 0 saturated heterocycles. The van der Waals surface area contributed by atoms with Crippen LogP contribution in [0.2, 0.25) is 0 Å². The molecule has 4 N–H and O–H groups in total. The zero-order valence-corrected chi connectivity index (χ0v) is 19.9. The van der Waals surface area contributed by atoms with Crippen molar-refractivity contribution in [1.29, 1.82) is 0 Å². The SMILES string of the molecule is CCCCCCCCCCCCCCCCC(Cc1ccccc1)C(C)(C)N.O. The average molecular weight is 406 g/mol. The van der Waals surface area contributed by atoms with Crippen LogP contribution in [0.1, 0.15) is 123 Å². The van der Waals surface area contributed by atoms with E-state index in [1.54, 1.807) is 0 Å². The van der Waals surface area contributed by atoms with E-state index in [0.717, 1.165) is 6.42 Å². The maximum atomic E-state index is 6.48. The lowest BCUT2D eigenvalue weighted by Gasteiger charge is -2.31. The van der Waals surface area contributed by atoms with Gasteiger partial charge in [-0.05, 0) is 38.2 Å². The monoisotopic (exact) mass is 405 g/mol. The Morgan fingerprint density at radius 1 is 0.690 bits per heavy atom.